The predicted molar refractivity (Wildman–Crippen MR) is 394 cm³/mol. The summed E-state index contributed by atoms with van der Waals surface area (Å²) in [5, 5.41) is 18.6. The van der Waals surface area contributed by atoms with Gasteiger partial charge in [0.05, 0.1) is 25.8 Å². The number of hydrogen-bond donors (Lipinski definition) is 7. The molecule has 0 bridgehead atoms. The Balaban J connectivity index is 0.000000241. The Labute approximate surface area is 624 Å². The number of carboxylic acids is 1. The van der Waals surface area contributed by atoms with E-state index in [9.17, 15) is 59.5 Å². The van der Waals surface area contributed by atoms with Crippen molar-refractivity contribution in [2.45, 2.75) is 190 Å². The van der Waals surface area contributed by atoms with Gasteiger partial charge in [-0.1, -0.05) is 35.3 Å². The fraction of sp³-hybridized carbons (Fsp3) is 0.472. The van der Waals surface area contributed by atoms with E-state index in [0.29, 0.717) is 35.1 Å². The SMILES string of the molecule is CC(=O)OI(OC(C)=O)c1ccccc1.CC(C)(C)OC(=O)N1[C@@H](C(=O)O)C[C@H]2C[C@H]21.CS(=N)(=O)c1cccc(C(=O)N2[C@@H](C(=O)N[C@@H](c3cc(F)c(Cl)cc3F)C3CC3)C[C@H]3C[C@H]32)c1.CS(=O)c1cccc(C(=O)N(C(C)(C)C)C(C)(C)C)c1.N.NC(=O)O.N[C@@H](c1cc(F)c(Cl)cc1F)C1CC1. The number of carbonyl (C=O) groups is 8. The molecular formula is C72H93Cl2F4IN8O15S2. The van der Waals surface area contributed by atoms with Crippen molar-refractivity contribution >= 4 is 112 Å². The number of ether oxygens (including phenoxy) is 1. The Bertz CT molecular complexity index is 4070. The maximum Gasteiger partial charge on any atom is 0.411 e. The molecule has 104 heavy (non-hydrogen) atoms. The molecule has 2 saturated heterocycles. The number of carbonyl (C=O) groups excluding carboxylic acids is 6. The average molecular weight is 1650 g/mol. The van der Waals surface area contributed by atoms with Gasteiger partial charge in [0.2, 0.25) is 5.91 Å². The fourth-order valence-corrected chi connectivity index (χ4v) is 16.3. The molecule has 572 valence electrons. The third kappa shape index (κ3) is 25.1. The topological polar surface area (TPSA) is 371 Å². The number of benzene rings is 5. The fourth-order valence-electron chi connectivity index (χ4n) is 12.0. The molecule has 10 atom stereocenters. The summed E-state index contributed by atoms with van der Waals surface area (Å²) in [5.74, 6) is -4.26. The van der Waals surface area contributed by atoms with Crippen LogP contribution in [0.1, 0.15) is 171 Å². The van der Waals surface area contributed by atoms with Gasteiger partial charge in [-0.05, 0) is 198 Å². The van der Waals surface area contributed by atoms with Gasteiger partial charge in [0.25, 0.3) is 11.8 Å². The Morgan fingerprint density at radius 2 is 1.14 bits per heavy atom. The van der Waals surface area contributed by atoms with E-state index in [1.165, 1.54) is 31.1 Å². The van der Waals surface area contributed by atoms with E-state index in [-0.39, 0.29) is 84.6 Å². The molecule has 4 saturated carbocycles. The monoisotopic (exact) mass is 1650 g/mol. The second-order valence-corrected chi connectivity index (χ2v) is 36.4. The van der Waals surface area contributed by atoms with Crippen LogP contribution in [0.15, 0.2) is 113 Å². The van der Waals surface area contributed by atoms with Gasteiger partial charge in [-0.15, -0.1) is 0 Å². The third-order valence-corrected chi connectivity index (χ3v) is 23.1. The zero-order chi connectivity index (χ0) is 77.3. The summed E-state index contributed by atoms with van der Waals surface area (Å²) in [5.41, 5.74) is 9.80. The molecule has 0 aromatic heterocycles. The average Bonchev–Trinajstić information content (AvgIpc) is 1.59. The Kier molecular flexibility index (Phi) is 30.3. The van der Waals surface area contributed by atoms with Gasteiger partial charge in [-0.3, -0.25) is 23.5 Å². The quantitative estimate of drug-likeness (QED) is 0.0308. The van der Waals surface area contributed by atoms with Crippen LogP contribution in [-0.4, -0.2) is 135 Å². The summed E-state index contributed by atoms with van der Waals surface area (Å²) >= 11 is 8.53. The van der Waals surface area contributed by atoms with E-state index in [0.717, 1.165) is 66.4 Å². The number of rotatable bonds is 14. The first-order valence-corrected chi connectivity index (χ1v) is 40.0. The summed E-state index contributed by atoms with van der Waals surface area (Å²) in [7, 11) is -4.08. The van der Waals surface area contributed by atoms with Crippen molar-refractivity contribution in [1.29, 1.82) is 4.78 Å². The van der Waals surface area contributed by atoms with Gasteiger partial charge in [-0.2, -0.15) is 0 Å². The molecule has 32 heteroatoms. The van der Waals surface area contributed by atoms with Gasteiger partial charge in [0.1, 0.15) is 41.0 Å². The van der Waals surface area contributed by atoms with Crippen LogP contribution in [0.5, 0.6) is 0 Å². The first-order valence-electron chi connectivity index (χ1n) is 32.9. The number of hydrogen-bond acceptors (Lipinski definition) is 16. The van der Waals surface area contributed by atoms with E-state index in [4.69, 9.17) is 59.6 Å². The van der Waals surface area contributed by atoms with Crippen molar-refractivity contribution in [2.75, 3.05) is 12.5 Å². The molecule has 4 aliphatic carbocycles. The van der Waals surface area contributed by atoms with Crippen molar-refractivity contribution in [3.05, 3.63) is 162 Å². The van der Waals surface area contributed by atoms with Crippen LogP contribution in [0.4, 0.5) is 27.2 Å². The number of carboxylic acid groups (broad SMARTS) is 2. The van der Waals surface area contributed by atoms with Crippen molar-refractivity contribution in [2.24, 2.45) is 35.1 Å². The number of aliphatic carboxylic acids is 1. The number of halogens is 7. The van der Waals surface area contributed by atoms with Crippen LogP contribution in [0.3, 0.4) is 0 Å². The summed E-state index contributed by atoms with van der Waals surface area (Å²) in [6, 6.07) is 23.8. The van der Waals surface area contributed by atoms with Crippen LogP contribution < -0.4 is 22.9 Å². The van der Waals surface area contributed by atoms with E-state index in [1.54, 1.807) is 86.5 Å². The molecule has 11 N–H and O–H groups in total. The summed E-state index contributed by atoms with van der Waals surface area (Å²) in [6.07, 6.45) is 7.42. The standard InChI is InChI=1S/C24H24ClF2N3O3S.C16H25NO2S.C11H17NO4.C10H10ClF2N.C10H11IO4.CH3NO2.H3N/c1-34(28,33)15-4-2-3-13(7-15)24(32)30-20-8-14(20)9-21(30)23(31)29-22(12-5-6-12)16-10-19(27)17(25)11-18(16)26;1-15(2,3)17(16(4,5)6)14(18)12-9-8-10-13(11-12)20(7)19;1-11(2,3)16-10(15)12-7-4-6(7)5-8(12)9(13)14;11-7-4-8(12)6(3-9(7)13)10(14)5-1-2-5;1-8(12)14-11(15-9(2)13)10-6-4-3-5-7-10;2-1(3)4;/h2-4,7,10-12,14,20-22,28H,5-6,8-9H2,1H3,(H,29,31);8-11H,1-7H3;6-8H,4-5H2,1-3H3,(H,13,14);3-5,10H,1-2,14H2;3-7H,1-2H3;2H2,(H,3,4);1H3/t14-,20-,21-,22-,34?;;6-,7-,8-;10-;;;/m1.11.../s1. The molecule has 11 rings (SSSR count). The molecule has 0 radical (unpaired) electrons. The van der Waals surface area contributed by atoms with Gasteiger partial charge in [0.15, 0.2) is 0 Å². The van der Waals surface area contributed by atoms with Crippen LogP contribution in [0.25, 0.3) is 0 Å². The molecule has 5 aromatic rings. The zero-order valence-corrected chi connectivity index (χ0v) is 65.4. The number of amides is 5. The zero-order valence-electron chi connectivity index (χ0n) is 60.1. The molecule has 6 fully saturated rings. The summed E-state index contributed by atoms with van der Waals surface area (Å²) < 4.78 is 103. The molecule has 6 aliphatic rings. The van der Waals surface area contributed by atoms with Crippen LogP contribution in [0, 0.1) is 55.3 Å². The minimum Gasteiger partial charge on any atom is -0.480 e. The summed E-state index contributed by atoms with van der Waals surface area (Å²) in [4.78, 5) is 98.6. The van der Waals surface area contributed by atoms with Gasteiger partial charge in [-0.25, -0.2) is 40.9 Å². The number of likely N-dealkylation sites (tertiary alicyclic amines) is 2. The summed E-state index contributed by atoms with van der Waals surface area (Å²) in [6.45, 7) is 20.1. The van der Waals surface area contributed by atoms with Crippen molar-refractivity contribution in [3.63, 3.8) is 0 Å². The molecule has 5 amide bonds. The minimum absolute atomic E-state index is 0. The normalized spacial score (nSPS) is 20.3. The van der Waals surface area contributed by atoms with Gasteiger partial charge >= 0.3 is 114 Å². The molecule has 5 aromatic carbocycles. The number of fused-ring (bicyclic) bond motifs is 2. The number of primary amides is 1. The molecule has 23 nitrogen and oxygen atoms in total. The molecule has 0 spiro atoms. The molecule has 2 unspecified atom stereocenters. The van der Waals surface area contributed by atoms with Crippen LogP contribution in [0.2, 0.25) is 10.0 Å². The van der Waals surface area contributed by atoms with Crippen molar-refractivity contribution in [3.8, 4) is 0 Å². The minimum atomic E-state index is -3.00. The van der Waals surface area contributed by atoms with Crippen molar-refractivity contribution < 1.29 is 85.4 Å². The molecule has 2 heterocycles. The number of nitrogens with one attached hydrogen (secondary N) is 2. The molecule has 2 aliphatic heterocycles. The predicted octanol–water partition coefficient (Wildman–Crippen LogP) is 14.6. The smallest absolute Gasteiger partial charge is 0.411 e. The number of nitrogens with zero attached hydrogens (tertiary/aromatic N) is 3. The second-order valence-electron chi connectivity index (χ2n) is 28.7. The van der Waals surface area contributed by atoms with E-state index < -0.39 is 130 Å². The number of piperidine rings is 2. The van der Waals surface area contributed by atoms with Crippen molar-refractivity contribution in [1.82, 2.24) is 26.2 Å². The van der Waals surface area contributed by atoms with E-state index in [1.807, 2.05) is 64.6 Å². The first-order chi connectivity index (χ1) is 47.7. The Hall–Kier alpha value is -7.49. The number of nitrogens with two attached hydrogens (primary N) is 2. The maximum atomic E-state index is 14.6. The largest absolute Gasteiger partial charge is 0.480 e. The molecular weight excluding hydrogens is 1550 g/mol. The second kappa shape index (κ2) is 36.2. The van der Waals surface area contributed by atoms with E-state index in [2.05, 4.69) is 11.1 Å². The maximum absolute atomic E-state index is 14.6. The van der Waals surface area contributed by atoms with Gasteiger partial charge in [0, 0.05) is 84.6 Å². The van der Waals surface area contributed by atoms with E-state index >= 15 is 0 Å². The van der Waals surface area contributed by atoms with Crippen LogP contribution in [-0.2, 0) is 50.6 Å². The third-order valence-electron chi connectivity index (χ3n) is 16.7. The Morgan fingerprint density at radius 1 is 0.673 bits per heavy atom. The first kappa shape index (κ1) is 87.1. The van der Waals surface area contributed by atoms with Crippen LogP contribution >= 0.6 is 43.9 Å². The Morgan fingerprint density at radius 3 is 1.61 bits per heavy atom. The van der Waals surface area contributed by atoms with Gasteiger partial charge < -0.3 is 47.7 Å².